The van der Waals surface area contributed by atoms with Crippen LogP contribution in [0.4, 0.5) is 5.69 Å². The maximum absolute atomic E-state index is 13.1. The van der Waals surface area contributed by atoms with E-state index in [1.165, 1.54) is 4.31 Å². The van der Waals surface area contributed by atoms with Gasteiger partial charge in [0.1, 0.15) is 6.10 Å². The zero-order valence-corrected chi connectivity index (χ0v) is 12.8. The maximum Gasteiger partial charge on any atom is 0.265 e. The van der Waals surface area contributed by atoms with Crippen LogP contribution < -0.4 is 4.31 Å². The van der Waals surface area contributed by atoms with Gasteiger partial charge in [0.05, 0.1) is 23.2 Å². The molecule has 2 saturated heterocycles. The minimum atomic E-state index is -3.70. The molecular formula is C16H13NO5S. The van der Waals surface area contributed by atoms with E-state index in [0.717, 1.165) is 5.39 Å². The van der Waals surface area contributed by atoms with Crippen LogP contribution in [0.2, 0.25) is 0 Å². The van der Waals surface area contributed by atoms with Crippen LogP contribution in [-0.2, 0) is 24.3 Å². The largest absolute Gasteiger partial charge is 0.343 e. The number of fused-ring (bicyclic) bond motifs is 2. The van der Waals surface area contributed by atoms with E-state index in [0.29, 0.717) is 16.0 Å². The Balaban J connectivity index is 1.73. The smallest absolute Gasteiger partial charge is 0.265 e. The van der Waals surface area contributed by atoms with Gasteiger partial charge >= 0.3 is 0 Å². The third-order valence-electron chi connectivity index (χ3n) is 4.73. The summed E-state index contributed by atoms with van der Waals surface area (Å²) in [5.41, 5.74) is 0.616. The van der Waals surface area contributed by atoms with Gasteiger partial charge in [-0.1, -0.05) is 24.3 Å². The number of sulfonamides is 1. The molecule has 3 aliphatic rings. The number of anilines is 1. The summed E-state index contributed by atoms with van der Waals surface area (Å²) < 4.78 is 38.3. The lowest BCUT2D eigenvalue weighted by atomic mass is 10.0. The van der Waals surface area contributed by atoms with Crippen LogP contribution in [0.15, 0.2) is 41.3 Å². The van der Waals surface area contributed by atoms with E-state index in [1.807, 2.05) is 18.2 Å². The molecule has 3 aliphatic heterocycles. The molecule has 0 aromatic heterocycles. The Bertz CT molecular complexity index is 949. The average molecular weight is 331 g/mol. The van der Waals surface area contributed by atoms with Crippen molar-refractivity contribution in [2.45, 2.75) is 29.8 Å². The number of hydrogen-bond acceptors (Lipinski definition) is 5. The van der Waals surface area contributed by atoms with Crippen LogP contribution in [0, 0.1) is 0 Å². The van der Waals surface area contributed by atoms with Crippen LogP contribution in [0.5, 0.6) is 0 Å². The second-order valence-electron chi connectivity index (χ2n) is 6.01. The van der Waals surface area contributed by atoms with Crippen molar-refractivity contribution in [3.05, 3.63) is 36.4 Å². The molecule has 3 heterocycles. The number of hydrogen-bond donors (Lipinski definition) is 0. The first-order valence-corrected chi connectivity index (χ1v) is 8.87. The summed E-state index contributed by atoms with van der Waals surface area (Å²) in [6, 6.07) is 10.2. The van der Waals surface area contributed by atoms with Crippen LogP contribution in [0.25, 0.3) is 10.8 Å². The predicted molar refractivity (Wildman–Crippen MR) is 81.6 cm³/mol. The van der Waals surface area contributed by atoms with E-state index < -0.39 is 28.5 Å². The van der Waals surface area contributed by atoms with Gasteiger partial charge in [-0.3, -0.25) is 9.10 Å². The summed E-state index contributed by atoms with van der Waals surface area (Å²) in [6.07, 6.45) is -1.14. The molecular weight excluding hydrogens is 318 g/mol. The van der Waals surface area contributed by atoms with Crippen molar-refractivity contribution in [3.8, 4) is 0 Å². The number of nitrogens with zero attached hydrogens (tertiary/aromatic N) is 1. The fraction of sp³-hybridized carbons (Fsp3) is 0.312. The highest BCUT2D eigenvalue weighted by Crippen LogP contribution is 2.45. The van der Waals surface area contributed by atoms with Crippen molar-refractivity contribution in [1.29, 1.82) is 0 Å². The molecule has 2 fully saturated rings. The van der Waals surface area contributed by atoms with Gasteiger partial charge in [-0.15, -0.1) is 0 Å². The fourth-order valence-electron chi connectivity index (χ4n) is 3.74. The molecule has 3 atom stereocenters. The predicted octanol–water partition coefficient (Wildman–Crippen LogP) is 1.43. The molecule has 23 heavy (non-hydrogen) atoms. The lowest BCUT2D eigenvalue weighted by Crippen LogP contribution is -2.51. The lowest BCUT2D eigenvalue weighted by Gasteiger charge is -2.34. The Morgan fingerprint density at radius 2 is 1.91 bits per heavy atom. The molecule has 7 heteroatoms. The van der Waals surface area contributed by atoms with Crippen molar-refractivity contribution < 1.29 is 22.7 Å². The minimum absolute atomic E-state index is 0.110. The van der Waals surface area contributed by atoms with Crippen molar-refractivity contribution >= 4 is 32.3 Å². The average Bonchev–Trinajstić information content (AvgIpc) is 3.06. The van der Waals surface area contributed by atoms with E-state index in [4.69, 9.17) is 9.47 Å². The second-order valence-corrected chi connectivity index (χ2v) is 7.79. The Labute approximate surface area is 132 Å². The summed E-state index contributed by atoms with van der Waals surface area (Å²) in [4.78, 5) is 12.4. The van der Waals surface area contributed by atoms with Gasteiger partial charge in [0.25, 0.3) is 10.0 Å². The van der Waals surface area contributed by atoms with E-state index >= 15 is 0 Å². The molecule has 0 saturated carbocycles. The summed E-state index contributed by atoms with van der Waals surface area (Å²) in [5.74, 6) is -0.206. The zero-order valence-electron chi connectivity index (χ0n) is 12.0. The Hall–Kier alpha value is -1.96. The highest BCUT2D eigenvalue weighted by molar-refractivity contribution is 7.93. The van der Waals surface area contributed by atoms with Crippen LogP contribution in [-0.4, -0.2) is 39.2 Å². The quantitative estimate of drug-likeness (QED) is 0.790. The lowest BCUT2D eigenvalue weighted by molar-refractivity contribution is -0.153. The third kappa shape index (κ3) is 1.64. The molecule has 2 aromatic carbocycles. The first-order valence-electron chi connectivity index (χ1n) is 7.43. The highest BCUT2D eigenvalue weighted by Gasteiger charge is 2.51. The van der Waals surface area contributed by atoms with Crippen LogP contribution in [0.3, 0.4) is 0 Å². The number of ether oxygens (including phenoxy) is 2. The minimum Gasteiger partial charge on any atom is -0.343 e. The number of rotatable bonds is 1. The molecule has 2 bridgehead atoms. The van der Waals surface area contributed by atoms with Gasteiger partial charge in [0.2, 0.25) is 6.29 Å². The zero-order chi connectivity index (χ0) is 15.8. The number of benzene rings is 2. The fourth-order valence-corrected chi connectivity index (χ4v) is 5.66. The first kappa shape index (κ1) is 13.5. The van der Waals surface area contributed by atoms with Crippen molar-refractivity contribution in [3.63, 3.8) is 0 Å². The molecule has 118 valence electrons. The molecule has 2 aromatic rings. The molecule has 6 nitrogen and oxygen atoms in total. The topological polar surface area (TPSA) is 72.9 Å². The molecule has 0 N–H and O–H groups in total. The number of Topliss-reactive ketones (excluding diaryl/α,β-unsaturated/α-hetero) is 1. The maximum atomic E-state index is 13.1. The van der Waals surface area contributed by atoms with Gasteiger partial charge in [-0.25, -0.2) is 8.42 Å². The molecule has 0 radical (unpaired) electrons. The first-order chi connectivity index (χ1) is 11.1. The monoisotopic (exact) mass is 331 g/mol. The summed E-state index contributed by atoms with van der Waals surface area (Å²) in [5, 5.41) is 1.58. The molecule has 5 rings (SSSR count). The Morgan fingerprint density at radius 3 is 2.74 bits per heavy atom. The summed E-state index contributed by atoms with van der Waals surface area (Å²) in [7, 11) is -3.70. The summed E-state index contributed by atoms with van der Waals surface area (Å²) in [6.45, 7) is 0.236. The van der Waals surface area contributed by atoms with Crippen LogP contribution >= 0.6 is 0 Å². The van der Waals surface area contributed by atoms with Gasteiger partial charge in [-0.2, -0.15) is 0 Å². The van der Waals surface area contributed by atoms with Gasteiger partial charge in [0, 0.05) is 11.8 Å². The SMILES string of the molecule is O=C1C[C@H](N2c3cccc4cccc(c34)S2(=O)=O)[C@@H]2CO[C@H]1O2. The molecule has 0 spiro atoms. The Morgan fingerprint density at radius 1 is 1.13 bits per heavy atom. The van der Waals surface area contributed by atoms with Gasteiger partial charge in [-0.05, 0) is 17.5 Å². The second kappa shape index (κ2) is 4.31. The van der Waals surface area contributed by atoms with E-state index in [9.17, 15) is 13.2 Å². The number of ketones is 1. The van der Waals surface area contributed by atoms with Gasteiger partial charge < -0.3 is 9.47 Å². The number of carbonyl (C=O) groups excluding carboxylic acids is 1. The van der Waals surface area contributed by atoms with Crippen molar-refractivity contribution in [1.82, 2.24) is 0 Å². The molecule has 0 unspecified atom stereocenters. The number of carbonyl (C=O) groups is 1. The standard InChI is InChI=1S/C16H13NO5S/c18-12-7-11(13-8-21-16(12)22-13)17-10-5-1-3-9-4-2-6-14(15(9)10)23(17,19)20/h1-6,11,13,16H,7-8H2/t11-,13-,16-/m0/s1. The van der Waals surface area contributed by atoms with Gasteiger partial charge in [0.15, 0.2) is 5.78 Å². The third-order valence-corrected chi connectivity index (χ3v) is 6.61. The van der Waals surface area contributed by atoms with E-state index in [2.05, 4.69) is 0 Å². The van der Waals surface area contributed by atoms with E-state index in [-0.39, 0.29) is 18.8 Å². The Kier molecular flexibility index (Phi) is 2.53. The molecule has 0 amide bonds. The molecule has 0 aliphatic carbocycles. The summed E-state index contributed by atoms with van der Waals surface area (Å²) >= 11 is 0. The van der Waals surface area contributed by atoms with E-state index in [1.54, 1.807) is 18.2 Å². The van der Waals surface area contributed by atoms with Crippen LogP contribution in [0.1, 0.15) is 6.42 Å². The van der Waals surface area contributed by atoms with Crippen molar-refractivity contribution in [2.75, 3.05) is 10.9 Å². The normalized spacial score (nSPS) is 31.0. The highest BCUT2D eigenvalue weighted by atomic mass is 32.2. The van der Waals surface area contributed by atoms with Crippen molar-refractivity contribution in [2.24, 2.45) is 0 Å².